The molecule has 0 saturated carbocycles. The normalized spacial score (nSPS) is 10.9. The number of hydrogen-bond donors (Lipinski definition) is 2. The Bertz CT molecular complexity index is 438. The molecule has 0 fully saturated rings. The number of benzene rings is 1. The minimum absolute atomic E-state index is 0.273. The maximum Gasteiger partial charge on any atom is 0.323 e. The highest BCUT2D eigenvalue weighted by atomic mass is 16.4. The fourth-order valence-electron chi connectivity index (χ4n) is 1.57. The molecule has 5 heteroatoms. The predicted molar refractivity (Wildman–Crippen MR) is 72.8 cm³/mol. The summed E-state index contributed by atoms with van der Waals surface area (Å²) >= 11 is 0. The number of carboxylic acid groups (broad SMARTS) is 1. The van der Waals surface area contributed by atoms with E-state index < -0.39 is 11.5 Å². The molecule has 2 amide bonds. The number of urea groups is 1. The molecule has 0 aliphatic carbocycles. The molecular formula is C14H20N2O3. The summed E-state index contributed by atoms with van der Waals surface area (Å²) in [6, 6.07) is 8.93. The molecule has 2 N–H and O–H groups in total. The van der Waals surface area contributed by atoms with Crippen molar-refractivity contribution < 1.29 is 14.7 Å². The Kier molecular flexibility index (Phi) is 4.92. The molecule has 19 heavy (non-hydrogen) atoms. The molecule has 104 valence electrons. The molecule has 1 aromatic carbocycles. The van der Waals surface area contributed by atoms with Crippen LogP contribution < -0.4 is 5.32 Å². The maximum absolute atomic E-state index is 12.1. The summed E-state index contributed by atoms with van der Waals surface area (Å²) in [7, 11) is 0. The van der Waals surface area contributed by atoms with Gasteiger partial charge in [-0.05, 0) is 26.3 Å². The van der Waals surface area contributed by atoms with Gasteiger partial charge in [0.1, 0.15) is 6.54 Å². The molecular weight excluding hydrogens is 244 g/mol. The standard InChI is InChI=1S/C14H20N2O3/c1-14(2,3)15-13(19)16(10-12(17)18)9-11-7-5-4-6-8-11/h4-8H,9-10H2,1-3H3,(H,15,19)(H,17,18). The van der Waals surface area contributed by atoms with Gasteiger partial charge in [-0.15, -0.1) is 0 Å². The number of carbonyl (C=O) groups excluding carboxylic acids is 1. The van der Waals surface area contributed by atoms with Crippen molar-refractivity contribution in [1.82, 2.24) is 10.2 Å². The Morgan fingerprint density at radius 3 is 2.26 bits per heavy atom. The Morgan fingerprint density at radius 2 is 1.79 bits per heavy atom. The predicted octanol–water partition coefficient (Wildman–Crippen LogP) is 2.08. The van der Waals surface area contributed by atoms with Crippen molar-refractivity contribution in [2.45, 2.75) is 32.9 Å². The number of hydrogen-bond acceptors (Lipinski definition) is 2. The molecule has 5 nitrogen and oxygen atoms in total. The van der Waals surface area contributed by atoms with Gasteiger partial charge in [-0.1, -0.05) is 30.3 Å². The van der Waals surface area contributed by atoms with Crippen LogP contribution in [0.1, 0.15) is 26.3 Å². The van der Waals surface area contributed by atoms with Gasteiger partial charge < -0.3 is 15.3 Å². The van der Waals surface area contributed by atoms with Crippen LogP contribution in [-0.2, 0) is 11.3 Å². The van der Waals surface area contributed by atoms with Gasteiger partial charge in [0.25, 0.3) is 0 Å². The lowest BCUT2D eigenvalue weighted by Gasteiger charge is -2.27. The lowest BCUT2D eigenvalue weighted by atomic mass is 10.1. The number of nitrogens with one attached hydrogen (secondary N) is 1. The second-order valence-electron chi connectivity index (χ2n) is 5.42. The van der Waals surface area contributed by atoms with Gasteiger partial charge in [-0.2, -0.15) is 0 Å². The lowest BCUT2D eigenvalue weighted by molar-refractivity contribution is -0.137. The van der Waals surface area contributed by atoms with Crippen LogP contribution >= 0.6 is 0 Å². The van der Waals surface area contributed by atoms with Gasteiger partial charge in [0, 0.05) is 12.1 Å². The third kappa shape index (κ3) is 5.90. The van der Waals surface area contributed by atoms with Gasteiger partial charge in [-0.25, -0.2) is 4.79 Å². The van der Waals surface area contributed by atoms with Gasteiger partial charge in [0.05, 0.1) is 0 Å². The van der Waals surface area contributed by atoms with Crippen molar-refractivity contribution in [1.29, 1.82) is 0 Å². The minimum atomic E-state index is -1.03. The quantitative estimate of drug-likeness (QED) is 0.874. The molecule has 0 radical (unpaired) electrons. The van der Waals surface area contributed by atoms with E-state index in [0.717, 1.165) is 5.56 Å². The molecule has 1 aromatic rings. The molecule has 0 aromatic heterocycles. The van der Waals surface area contributed by atoms with Crippen molar-refractivity contribution >= 4 is 12.0 Å². The highest BCUT2D eigenvalue weighted by Gasteiger charge is 2.21. The third-order valence-corrected chi connectivity index (χ3v) is 2.31. The number of nitrogens with zero attached hydrogens (tertiary/aromatic N) is 1. The van der Waals surface area contributed by atoms with Crippen LogP contribution in [0.3, 0.4) is 0 Å². The topological polar surface area (TPSA) is 69.6 Å². The smallest absolute Gasteiger partial charge is 0.323 e. The Hall–Kier alpha value is -2.04. The van der Waals surface area contributed by atoms with Gasteiger partial charge >= 0.3 is 12.0 Å². The largest absolute Gasteiger partial charge is 0.480 e. The number of carboxylic acids is 1. The summed E-state index contributed by atoms with van der Waals surface area (Å²) in [4.78, 5) is 24.2. The second kappa shape index (κ2) is 6.22. The number of aliphatic carboxylic acids is 1. The van der Waals surface area contributed by atoms with Crippen LogP contribution in [0, 0.1) is 0 Å². The van der Waals surface area contributed by atoms with Crippen molar-refractivity contribution in [3.63, 3.8) is 0 Å². The minimum Gasteiger partial charge on any atom is -0.480 e. The SMILES string of the molecule is CC(C)(C)NC(=O)N(CC(=O)O)Cc1ccccc1. The van der Waals surface area contributed by atoms with Gasteiger partial charge in [0.2, 0.25) is 0 Å². The fourth-order valence-corrected chi connectivity index (χ4v) is 1.57. The summed E-state index contributed by atoms with van der Waals surface area (Å²) in [5.74, 6) is -1.03. The molecule has 0 heterocycles. The molecule has 0 aliphatic rings. The number of carbonyl (C=O) groups is 2. The number of rotatable bonds is 4. The van der Waals surface area contributed by atoms with E-state index >= 15 is 0 Å². The van der Waals surface area contributed by atoms with E-state index in [1.807, 2.05) is 51.1 Å². The average molecular weight is 264 g/mol. The zero-order chi connectivity index (χ0) is 14.5. The van der Waals surface area contributed by atoms with E-state index in [2.05, 4.69) is 5.32 Å². The summed E-state index contributed by atoms with van der Waals surface area (Å²) < 4.78 is 0. The van der Waals surface area contributed by atoms with Crippen molar-refractivity contribution in [3.05, 3.63) is 35.9 Å². The first-order chi connectivity index (χ1) is 8.78. The van der Waals surface area contributed by atoms with E-state index in [1.165, 1.54) is 4.90 Å². The van der Waals surface area contributed by atoms with Crippen molar-refractivity contribution in [2.75, 3.05) is 6.54 Å². The van der Waals surface area contributed by atoms with E-state index in [-0.39, 0.29) is 19.1 Å². The molecule has 0 aliphatic heterocycles. The van der Waals surface area contributed by atoms with Gasteiger partial charge in [-0.3, -0.25) is 4.79 Å². The summed E-state index contributed by atoms with van der Waals surface area (Å²) in [5.41, 5.74) is 0.498. The Labute approximate surface area is 113 Å². The second-order valence-corrected chi connectivity index (χ2v) is 5.42. The van der Waals surface area contributed by atoms with E-state index in [0.29, 0.717) is 0 Å². The lowest BCUT2D eigenvalue weighted by Crippen LogP contribution is -2.49. The van der Waals surface area contributed by atoms with Crippen LogP contribution in [0.25, 0.3) is 0 Å². The van der Waals surface area contributed by atoms with Gasteiger partial charge in [0.15, 0.2) is 0 Å². The Balaban J connectivity index is 2.77. The monoisotopic (exact) mass is 264 g/mol. The maximum atomic E-state index is 12.1. The van der Waals surface area contributed by atoms with Crippen molar-refractivity contribution in [3.8, 4) is 0 Å². The first-order valence-electron chi connectivity index (χ1n) is 6.11. The average Bonchev–Trinajstić information content (AvgIpc) is 2.26. The van der Waals surface area contributed by atoms with E-state index in [4.69, 9.17) is 5.11 Å². The molecule has 0 spiro atoms. The first kappa shape index (κ1) is 15.0. The van der Waals surface area contributed by atoms with Crippen LogP contribution in [0.15, 0.2) is 30.3 Å². The summed E-state index contributed by atoms with van der Waals surface area (Å²) in [6.07, 6.45) is 0. The number of amides is 2. The van der Waals surface area contributed by atoms with Crippen LogP contribution in [-0.4, -0.2) is 34.1 Å². The third-order valence-electron chi connectivity index (χ3n) is 2.31. The molecule has 1 rings (SSSR count). The van der Waals surface area contributed by atoms with Crippen LogP contribution in [0.4, 0.5) is 4.79 Å². The van der Waals surface area contributed by atoms with E-state index in [9.17, 15) is 9.59 Å². The fraction of sp³-hybridized carbons (Fsp3) is 0.429. The zero-order valence-corrected chi connectivity index (χ0v) is 11.5. The molecule has 0 unspecified atom stereocenters. The zero-order valence-electron chi connectivity index (χ0n) is 11.5. The summed E-state index contributed by atoms with van der Waals surface area (Å²) in [5, 5.41) is 11.7. The highest BCUT2D eigenvalue weighted by molar-refractivity contribution is 5.80. The molecule has 0 saturated heterocycles. The van der Waals surface area contributed by atoms with Crippen LogP contribution in [0.5, 0.6) is 0 Å². The first-order valence-corrected chi connectivity index (χ1v) is 6.11. The Morgan fingerprint density at radius 1 is 1.21 bits per heavy atom. The van der Waals surface area contributed by atoms with E-state index in [1.54, 1.807) is 0 Å². The van der Waals surface area contributed by atoms with Crippen molar-refractivity contribution in [2.24, 2.45) is 0 Å². The molecule has 0 bridgehead atoms. The summed E-state index contributed by atoms with van der Waals surface area (Å²) in [6.45, 7) is 5.51. The highest BCUT2D eigenvalue weighted by Crippen LogP contribution is 2.07. The molecule has 0 atom stereocenters. The van der Waals surface area contributed by atoms with Crippen LogP contribution in [0.2, 0.25) is 0 Å².